The van der Waals surface area contributed by atoms with Crippen LogP contribution in [0.5, 0.6) is 11.5 Å². The smallest absolute Gasteiger partial charge is 0.160 e. The van der Waals surface area contributed by atoms with Crippen molar-refractivity contribution in [1.29, 1.82) is 0 Å². The van der Waals surface area contributed by atoms with Crippen molar-refractivity contribution in [2.75, 3.05) is 14.2 Å². The van der Waals surface area contributed by atoms with Crippen LogP contribution in [0.25, 0.3) is 5.57 Å². The summed E-state index contributed by atoms with van der Waals surface area (Å²) < 4.78 is 10.8. The fourth-order valence-electron chi connectivity index (χ4n) is 3.81. The molecule has 0 heterocycles. The lowest BCUT2D eigenvalue weighted by Gasteiger charge is -2.27. The van der Waals surface area contributed by atoms with Gasteiger partial charge >= 0.3 is 0 Å². The molecular weight excluding hydrogens is 332 g/mol. The molecule has 0 fully saturated rings. The van der Waals surface area contributed by atoms with Crippen LogP contribution < -0.4 is 9.47 Å². The molecule has 1 aliphatic carbocycles. The van der Waals surface area contributed by atoms with E-state index in [1.165, 1.54) is 22.3 Å². The Balaban J connectivity index is 1.74. The number of hydrogen-bond donors (Lipinski definition) is 0. The van der Waals surface area contributed by atoms with Gasteiger partial charge in [0.25, 0.3) is 0 Å². The third kappa shape index (κ3) is 4.51. The maximum absolute atomic E-state index is 5.44. The highest BCUT2D eigenvalue weighted by atomic mass is 16.5. The van der Waals surface area contributed by atoms with Crippen LogP contribution in [0, 0.1) is 11.8 Å². The van der Waals surface area contributed by atoms with E-state index in [9.17, 15) is 0 Å². The Labute approximate surface area is 162 Å². The number of hydrogen-bond acceptors (Lipinski definition) is 2. The van der Waals surface area contributed by atoms with Crippen molar-refractivity contribution in [2.45, 2.75) is 19.8 Å². The third-order valence-corrected chi connectivity index (χ3v) is 5.19. The molecule has 2 aromatic rings. The summed E-state index contributed by atoms with van der Waals surface area (Å²) >= 11 is 0. The Bertz CT molecular complexity index is 846. The zero-order chi connectivity index (χ0) is 19.2. The van der Waals surface area contributed by atoms with Crippen LogP contribution in [0.4, 0.5) is 0 Å². The van der Waals surface area contributed by atoms with E-state index in [0.717, 1.165) is 24.3 Å². The topological polar surface area (TPSA) is 18.5 Å². The Morgan fingerprint density at radius 3 is 2.44 bits per heavy atom. The second-order valence-corrected chi connectivity index (χ2v) is 7.21. The maximum atomic E-state index is 5.44. The molecule has 0 N–H and O–H groups in total. The maximum Gasteiger partial charge on any atom is 0.160 e. The van der Waals surface area contributed by atoms with E-state index in [0.29, 0.717) is 11.8 Å². The minimum absolute atomic E-state index is 0.354. The van der Waals surface area contributed by atoms with Gasteiger partial charge in [-0.15, -0.1) is 0 Å². The van der Waals surface area contributed by atoms with Gasteiger partial charge in [0.2, 0.25) is 0 Å². The van der Waals surface area contributed by atoms with Crippen LogP contribution >= 0.6 is 0 Å². The highest BCUT2D eigenvalue weighted by molar-refractivity contribution is 5.73. The van der Waals surface area contributed by atoms with Crippen molar-refractivity contribution >= 4 is 5.57 Å². The van der Waals surface area contributed by atoms with Crippen molar-refractivity contribution < 1.29 is 9.47 Å². The van der Waals surface area contributed by atoms with Gasteiger partial charge in [-0.1, -0.05) is 68.1 Å². The predicted molar refractivity (Wildman–Crippen MR) is 113 cm³/mol. The normalized spacial score (nSPS) is 17.4. The van der Waals surface area contributed by atoms with E-state index in [1.54, 1.807) is 14.2 Å². The van der Waals surface area contributed by atoms with Crippen LogP contribution in [0.15, 0.2) is 78.9 Å². The summed E-state index contributed by atoms with van der Waals surface area (Å²) in [5.41, 5.74) is 5.10. The number of ether oxygens (including phenoxy) is 2. The van der Waals surface area contributed by atoms with Crippen molar-refractivity contribution in [2.24, 2.45) is 11.8 Å². The van der Waals surface area contributed by atoms with Crippen LogP contribution in [0.1, 0.15) is 24.5 Å². The number of methoxy groups -OCH3 is 2. The standard InChI is InChI=1S/C25H28O2/c1-18(15-20-13-14-24(26-3)25(17-20)27-4)16-23-19(2)9-8-12-22(23)21-10-6-5-7-11-21/h5-14,17-18,23H,2,15-16H2,1,3-4H3. The molecule has 0 amide bonds. The van der Waals surface area contributed by atoms with Crippen LogP contribution in [-0.2, 0) is 6.42 Å². The molecule has 2 aromatic carbocycles. The van der Waals surface area contributed by atoms with E-state index in [2.05, 4.69) is 74.2 Å². The van der Waals surface area contributed by atoms with Gasteiger partial charge in [0.05, 0.1) is 14.2 Å². The second kappa shape index (κ2) is 8.77. The van der Waals surface area contributed by atoms with Gasteiger partial charge in [-0.05, 0) is 53.2 Å². The first-order valence-corrected chi connectivity index (χ1v) is 9.45. The molecule has 0 aliphatic heterocycles. The second-order valence-electron chi connectivity index (χ2n) is 7.21. The zero-order valence-electron chi connectivity index (χ0n) is 16.4. The Kier molecular flexibility index (Phi) is 6.18. The largest absolute Gasteiger partial charge is 0.493 e. The molecule has 2 unspecified atom stereocenters. The average Bonchev–Trinajstić information content (AvgIpc) is 2.70. The molecule has 0 spiro atoms. The van der Waals surface area contributed by atoms with Gasteiger partial charge in [-0.2, -0.15) is 0 Å². The van der Waals surface area contributed by atoms with Gasteiger partial charge in [-0.3, -0.25) is 0 Å². The first-order valence-electron chi connectivity index (χ1n) is 9.45. The van der Waals surface area contributed by atoms with E-state index >= 15 is 0 Å². The summed E-state index contributed by atoms with van der Waals surface area (Å²) in [6.07, 6.45) is 8.55. The SMILES string of the molecule is C=C1C=CC=C(c2ccccc2)C1CC(C)Cc1ccc(OC)c(OC)c1. The summed E-state index contributed by atoms with van der Waals surface area (Å²) in [4.78, 5) is 0. The lowest BCUT2D eigenvalue weighted by molar-refractivity contribution is 0.354. The minimum Gasteiger partial charge on any atom is -0.493 e. The summed E-state index contributed by atoms with van der Waals surface area (Å²) in [5.74, 6) is 2.43. The summed E-state index contributed by atoms with van der Waals surface area (Å²) in [6.45, 7) is 6.63. The fourth-order valence-corrected chi connectivity index (χ4v) is 3.81. The monoisotopic (exact) mass is 360 g/mol. The molecule has 0 radical (unpaired) electrons. The van der Waals surface area contributed by atoms with Crippen LogP contribution in [-0.4, -0.2) is 14.2 Å². The average molecular weight is 360 g/mol. The zero-order valence-corrected chi connectivity index (χ0v) is 16.4. The molecule has 1 aliphatic rings. The van der Waals surface area contributed by atoms with Gasteiger partial charge in [0.1, 0.15) is 0 Å². The quantitative estimate of drug-likeness (QED) is 0.594. The molecule has 0 bridgehead atoms. The van der Waals surface area contributed by atoms with E-state index in [4.69, 9.17) is 9.47 Å². The lowest BCUT2D eigenvalue weighted by atomic mass is 9.77. The van der Waals surface area contributed by atoms with Gasteiger partial charge in [0, 0.05) is 5.92 Å². The molecule has 27 heavy (non-hydrogen) atoms. The Morgan fingerprint density at radius 2 is 1.74 bits per heavy atom. The highest BCUT2D eigenvalue weighted by Crippen LogP contribution is 2.37. The Morgan fingerprint density at radius 1 is 1.00 bits per heavy atom. The van der Waals surface area contributed by atoms with Gasteiger partial charge in [-0.25, -0.2) is 0 Å². The predicted octanol–water partition coefficient (Wildman–Crippen LogP) is 6.10. The molecule has 0 saturated carbocycles. The van der Waals surface area contributed by atoms with Crippen molar-refractivity contribution in [3.8, 4) is 11.5 Å². The lowest BCUT2D eigenvalue weighted by Crippen LogP contribution is -2.14. The van der Waals surface area contributed by atoms with Crippen LogP contribution in [0.3, 0.4) is 0 Å². The van der Waals surface area contributed by atoms with Crippen molar-refractivity contribution in [3.05, 3.63) is 90.0 Å². The van der Waals surface area contributed by atoms with E-state index in [-0.39, 0.29) is 0 Å². The molecule has 2 nitrogen and oxygen atoms in total. The third-order valence-electron chi connectivity index (χ3n) is 5.19. The van der Waals surface area contributed by atoms with Crippen molar-refractivity contribution in [1.82, 2.24) is 0 Å². The molecule has 140 valence electrons. The molecular formula is C25H28O2. The number of allylic oxidation sites excluding steroid dienone is 5. The molecule has 0 aromatic heterocycles. The minimum atomic E-state index is 0.354. The summed E-state index contributed by atoms with van der Waals surface area (Å²) in [5, 5.41) is 0. The number of benzene rings is 2. The van der Waals surface area contributed by atoms with Gasteiger partial charge in [0.15, 0.2) is 11.5 Å². The van der Waals surface area contributed by atoms with Crippen LogP contribution in [0.2, 0.25) is 0 Å². The fraction of sp³-hybridized carbons (Fsp3) is 0.280. The van der Waals surface area contributed by atoms with E-state index in [1.807, 2.05) is 6.07 Å². The molecule has 2 atom stereocenters. The summed E-state index contributed by atoms with van der Waals surface area (Å²) in [7, 11) is 3.35. The van der Waals surface area contributed by atoms with Crippen molar-refractivity contribution in [3.63, 3.8) is 0 Å². The first kappa shape index (κ1) is 19.0. The van der Waals surface area contributed by atoms with E-state index < -0.39 is 0 Å². The van der Waals surface area contributed by atoms with Gasteiger partial charge < -0.3 is 9.47 Å². The first-order chi connectivity index (χ1) is 13.1. The number of rotatable bonds is 7. The molecule has 0 saturated heterocycles. The molecule has 3 rings (SSSR count). The summed E-state index contributed by atoms with van der Waals surface area (Å²) in [6, 6.07) is 16.8. The molecule has 2 heteroatoms. The Hall–Kier alpha value is -2.74. The highest BCUT2D eigenvalue weighted by Gasteiger charge is 2.22.